The van der Waals surface area contributed by atoms with Crippen LogP contribution in [0.1, 0.15) is 23.0 Å². The molecule has 6 heteroatoms. The number of hydrogen-bond acceptors (Lipinski definition) is 4. The van der Waals surface area contributed by atoms with E-state index in [0.29, 0.717) is 16.3 Å². The van der Waals surface area contributed by atoms with Gasteiger partial charge in [0.1, 0.15) is 0 Å². The quantitative estimate of drug-likeness (QED) is 0.855. The lowest BCUT2D eigenvalue weighted by molar-refractivity contribution is 0.0103. The van der Waals surface area contributed by atoms with Crippen LogP contribution in [0.2, 0.25) is 4.34 Å². The lowest BCUT2D eigenvalue weighted by Crippen LogP contribution is -2.47. The average molecular weight is 329 g/mol. The zero-order valence-corrected chi connectivity index (χ0v) is 13.8. The molecule has 0 aromatic carbocycles. The fraction of sp³-hybridized carbons (Fsp3) is 0.667. The van der Waals surface area contributed by atoms with Gasteiger partial charge in [0.25, 0.3) is 5.91 Å². The number of carbonyl (C=O) groups is 1. The van der Waals surface area contributed by atoms with Gasteiger partial charge in [-0.1, -0.05) is 24.9 Å². The Balaban J connectivity index is 1.69. The van der Waals surface area contributed by atoms with Crippen molar-refractivity contribution in [3.63, 3.8) is 0 Å². The number of rotatable bonds is 3. The Morgan fingerprint density at radius 1 is 1.38 bits per heavy atom. The second-order valence-electron chi connectivity index (χ2n) is 5.70. The van der Waals surface area contributed by atoms with E-state index < -0.39 is 0 Å². The molecule has 0 unspecified atom stereocenters. The predicted molar refractivity (Wildman–Crippen MR) is 85.2 cm³/mol. The molecule has 2 saturated heterocycles. The van der Waals surface area contributed by atoms with E-state index in [1.165, 1.54) is 11.3 Å². The van der Waals surface area contributed by atoms with Crippen molar-refractivity contribution in [1.29, 1.82) is 0 Å². The van der Waals surface area contributed by atoms with Crippen molar-refractivity contribution in [3.05, 3.63) is 21.3 Å². The summed E-state index contributed by atoms with van der Waals surface area (Å²) in [5.41, 5.74) is 0. The molecule has 0 aliphatic carbocycles. The Labute approximate surface area is 134 Å². The Kier molecular flexibility index (Phi) is 4.84. The fourth-order valence-corrected chi connectivity index (χ4v) is 4.34. The van der Waals surface area contributed by atoms with E-state index in [9.17, 15) is 4.79 Å². The van der Waals surface area contributed by atoms with Crippen LogP contribution in [0.5, 0.6) is 0 Å². The lowest BCUT2D eigenvalue weighted by Gasteiger charge is -2.34. The summed E-state index contributed by atoms with van der Waals surface area (Å²) >= 11 is 7.31. The highest BCUT2D eigenvalue weighted by atomic mass is 35.5. The van der Waals surface area contributed by atoms with Gasteiger partial charge in [0, 0.05) is 32.2 Å². The van der Waals surface area contributed by atoms with Crippen molar-refractivity contribution in [3.8, 4) is 0 Å². The lowest BCUT2D eigenvalue weighted by atomic mass is 9.99. The highest BCUT2D eigenvalue weighted by molar-refractivity contribution is 7.17. The maximum Gasteiger partial charge on any atom is 0.264 e. The molecule has 3 heterocycles. The average Bonchev–Trinajstić information content (AvgIpc) is 3.13. The Bertz CT molecular complexity index is 502. The summed E-state index contributed by atoms with van der Waals surface area (Å²) in [4.78, 5) is 17.8. The van der Waals surface area contributed by atoms with Crippen LogP contribution in [0.4, 0.5) is 0 Å². The summed E-state index contributed by atoms with van der Waals surface area (Å²) in [6, 6.07) is 4.10. The SMILES string of the molecule is CC[C@H]1CN(C(=O)c2ccc(Cl)s2)C[C@@H]1N1CCOCC1. The molecular weight excluding hydrogens is 308 g/mol. The fourth-order valence-electron chi connectivity index (χ4n) is 3.33. The molecule has 0 N–H and O–H groups in total. The third-order valence-electron chi connectivity index (χ3n) is 4.52. The van der Waals surface area contributed by atoms with E-state index in [0.717, 1.165) is 50.7 Å². The third-order valence-corrected chi connectivity index (χ3v) is 5.74. The number of thiophene rings is 1. The first-order valence-electron chi connectivity index (χ1n) is 7.55. The van der Waals surface area contributed by atoms with Gasteiger partial charge in [0.2, 0.25) is 0 Å². The van der Waals surface area contributed by atoms with Crippen molar-refractivity contribution in [1.82, 2.24) is 9.80 Å². The van der Waals surface area contributed by atoms with Gasteiger partial charge in [-0.25, -0.2) is 0 Å². The van der Waals surface area contributed by atoms with E-state index in [2.05, 4.69) is 11.8 Å². The number of amides is 1. The molecule has 21 heavy (non-hydrogen) atoms. The van der Waals surface area contributed by atoms with E-state index in [4.69, 9.17) is 16.3 Å². The van der Waals surface area contributed by atoms with Crippen LogP contribution in [0.25, 0.3) is 0 Å². The van der Waals surface area contributed by atoms with Gasteiger partial charge in [0.05, 0.1) is 22.4 Å². The normalized spacial score (nSPS) is 27.2. The van der Waals surface area contributed by atoms with E-state index in [1.54, 1.807) is 6.07 Å². The number of carbonyl (C=O) groups excluding carboxylic acids is 1. The standard InChI is InChI=1S/C15H21ClN2O2S/c1-2-11-9-18(15(19)13-3-4-14(16)21-13)10-12(11)17-5-7-20-8-6-17/h3-4,11-12H,2,5-10H2,1H3/t11-,12-/m0/s1. The molecule has 3 rings (SSSR count). The number of halogens is 1. The van der Waals surface area contributed by atoms with Gasteiger partial charge in [-0.15, -0.1) is 11.3 Å². The van der Waals surface area contributed by atoms with Gasteiger partial charge in [-0.05, 0) is 18.1 Å². The number of hydrogen-bond donors (Lipinski definition) is 0. The summed E-state index contributed by atoms with van der Waals surface area (Å²) in [5, 5.41) is 0. The zero-order valence-electron chi connectivity index (χ0n) is 12.3. The Hall–Kier alpha value is -0.620. The van der Waals surface area contributed by atoms with Crippen LogP contribution in [-0.2, 0) is 4.74 Å². The van der Waals surface area contributed by atoms with Gasteiger partial charge in [-0.2, -0.15) is 0 Å². The summed E-state index contributed by atoms with van der Waals surface area (Å²) in [7, 11) is 0. The molecule has 2 atom stereocenters. The summed E-state index contributed by atoms with van der Waals surface area (Å²) in [6.45, 7) is 7.47. The third kappa shape index (κ3) is 3.26. The highest BCUT2D eigenvalue weighted by Crippen LogP contribution is 2.29. The minimum Gasteiger partial charge on any atom is -0.379 e. The van der Waals surface area contributed by atoms with Crippen LogP contribution in [-0.4, -0.2) is 61.1 Å². The van der Waals surface area contributed by atoms with Crippen LogP contribution >= 0.6 is 22.9 Å². The number of morpholine rings is 1. The first-order chi connectivity index (χ1) is 10.2. The monoisotopic (exact) mass is 328 g/mol. The molecule has 1 amide bonds. The second-order valence-corrected chi connectivity index (χ2v) is 7.41. The molecule has 116 valence electrons. The van der Waals surface area contributed by atoms with Gasteiger partial charge < -0.3 is 9.64 Å². The molecule has 0 bridgehead atoms. The van der Waals surface area contributed by atoms with Crippen molar-refractivity contribution in [2.45, 2.75) is 19.4 Å². The predicted octanol–water partition coefficient (Wildman–Crippen LogP) is 2.58. The summed E-state index contributed by atoms with van der Waals surface area (Å²) < 4.78 is 6.11. The van der Waals surface area contributed by atoms with Gasteiger partial charge in [-0.3, -0.25) is 9.69 Å². The smallest absolute Gasteiger partial charge is 0.264 e. The largest absolute Gasteiger partial charge is 0.379 e. The van der Waals surface area contributed by atoms with Crippen molar-refractivity contribution in [2.24, 2.45) is 5.92 Å². The molecule has 0 radical (unpaired) electrons. The van der Waals surface area contributed by atoms with Crippen molar-refractivity contribution < 1.29 is 9.53 Å². The van der Waals surface area contributed by atoms with Gasteiger partial charge in [0.15, 0.2) is 0 Å². The van der Waals surface area contributed by atoms with Crippen molar-refractivity contribution in [2.75, 3.05) is 39.4 Å². The molecule has 1 aromatic rings. The molecule has 0 saturated carbocycles. The molecule has 4 nitrogen and oxygen atoms in total. The number of ether oxygens (including phenoxy) is 1. The second kappa shape index (κ2) is 6.65. The van der Waals surface area contributed by atoms with Crippen LogP contribution in [0, 0.1) is 5.92 Å². The zero-order chi connectivity index (χ0) is 14.8. The summed E-state index contributed by atoms with van der Waals surface area (Å²) in [6.07, 6.45) is 1.11. The first-order valence-corrected chi connectivity index (χ1v) is 8.75. The molecule has 2 aliphatic rings. The molecule has 1 aromatic heterocycles. The Morgan fingerprint density at radius 2 is 2.14 bits per heavy atom. The molecule has 2 aliphatic heterocycles. The Morgan fingerprint density at radius 3 is 2.76 bits per heavy atom. The number of likely N-dealkylation sites (tertiary alicyclic amines) is 1. The van der Waals surface area contributed by atoms with Gasteiger partial charge >= 0.3 is 0 Å². The topological polar surface area (TPSA) is 32.8 Å². The molecule has 0 spiro atoms. The van der Waals surface area contributed by atoms with E-state index in [-0.39, 0.29) is 5.91 Å². The maximum atomic E-state index is 12.6. The molecule has 2 fully saturated rings. The maximum absolute atomic E-state index is 12.6. The summed E-state index contributed by atoms with van der Waals surface area (Å²) in [5.74, 6) is 0.684. The number of nitrogens with zero attached hydrogens (tertiary/aromatic N) is 2. The van der Waals surface area contributed by atoms with Crippen molar-refractivity contribution >= 4 is 28.8 Å². The van der Waals surface area contributed by atoms with Crippen LogP contribution < -0.4 is 0 Å². The minimum absolute atomic E-state index is 0.126. The first kappa shape index (κ1) is 15.3. The minimum atomic E-state index is 0.126. The molecular formula is C15H21ClN2O2S. The van der Waals surface area contributed by atoms with E-state index >= 15 is 0 Å². The highest BCUT2D eigenvalue weighted by Gasteiger charge is 2.38. The van der Waals surface area contributed by atoms with Crippen LogP contribution in [0.15, 0.2) is 12.1 Å². The van der Waals surface area contributed by atoms with E-state index in [1.807, 2.05) is 11.0 Å². The van der Waals surface area contributed by atoms with Crippen LogP contribution in [0.3, 0.4) is 0 Å².